The van der Waals surface area contributed by atoms with Gasteiger partial charge in [0.2, 0.25) is 0 Å². The van der Waals surface area contributed by atoms with Crippen molar-refractivity contribution in [2.24, 2.45) is 0 Å². The molecule has 2 unspecified atom stereocenters. The number of ketones is 1. The summed E-state index contributed by atoms with van der Waals surface area (Å²) in [6.07, 6.45) is 18.1. The summed E-state index contributed by atoms with van der Waals surface area (Å²) < 4.78 is 50.6. The van der Waals surface area contributed by atoms with Crippen LogP contribution in [0.4, 0.5) is 0 Å². The first kappa shape index (κ1) is 59.3. The van der Waals surface area contributed by atoms with Gasteiger partial charge in [-0.05, 0) is 172 Å². The predicted molar refractivity (Wildman–Crippen MR) is 331 cm³/mol. The van der Waals surface area contributed by atoms with Crippen molar-refractivity contribution in [3.05, 3.63) is 201 Å². The Kier molecular flexibility index (Phi) is 18.2. The first-order chi connectivity index (χ1) is 39.7. The van der Waals surface area contributed by atoms with Gasteiger partial charge < -0.3 is 48.0 Å². The van der Waals surface area contributed by atoms with Crippen molar-refractivity contribution in [2.45, 2.75) is 142 Å². The molecule has 9 rings (SSSR count). The molecule has 13 heteroatoms. The van der Waals surface area contributed by atoms with Crippen LogP contribution in [0.2, 0.25) is 0 Å². The first-order valence-corrected chi connectivity index (χ1v) is 29.3. The van der Waals surface area contributed by atoms with E-state index in [0.717, 1.165) is 131 Å². The Morgan fingerprint density at radius 1 is 0.518 bits per heavy atom. The molecule has 2 aliphatic heterocycles. The Hall–Kier alpha value is -8.32. The van der Waals surface area contributed by atoms with E-state index < -0.39 is 0 Å². The zero-order valence-electron chi connectivity index (χ0n) is 52.0. The van der Waals surface area contributed by atoms with Gasteiger partial charge in [0, 0.05) is 104 Å². The van der Waals surface area contributed by atoms with Crippen molar-refractivity contribution < 1.29 is 37.4 Å². The monoisotopic (exact) mass is 1120 g/mol. The van der Waals surface area contributed by atoms with Crippen LogP contribution >= 0.6 is 0 Å². The molecule has 0 radical (unpaired) electrons. The highest BCUT2D eigenvalue weighted by atomic mass is 16.5. The molecule has 2 atom stereocenters. The van der Waals surface area contributed by atoms with E-state index in [-0.39, 0.29) is 12.3 Å². The molecule has 0 spiro atoms. The van der Waals surface area contributed by atoms with Crippen LogP contribution in [0.1, 0.15) is 115 Å². The molecular formula is C70H86N6O7+2. The van der Waals surface area contributed by atoms with Gasteiger partial charge in [0.25, 0.3) is 5.82 Å². The number of benzene rings is 5. The second-order valence-electron chi connectivity index (χ2n) is 22.4. The van der Waals surface area contributed by atoms with Crippen LogP contribution in [0.3, 0.4) is 0 Å². The topological polar surface area (TPSA) is 88.5 Å². The lowest BCUT2D eigenvalue weighted by molar-refractivity contribution is -0.694. The van der Waals surface area contributed by atoms with Crippen LogP contribution in [0.15, 0.2) is 133 Å². The average molecular weight is 1120 g/mol. The van der Waals surface area contributed by atoms with E-state index >= 15 is 0 Å². The third-order valence-electron chi connectivity index (χ3n) is 16.1. The number of aromatic nitrogens is 2. The zero-order chi connectivity index (χ0) is 59.4. The van der Waals surface area contributed by atoms with Gasteiger partial charge in [0.05, 0.1) is 43.3 Å². The summed E-state index contributed by atoms with van der Waals surface area (Å²) in [5.74, 6) is 9.67. The van der Waals surface area contributed by atoms with Crippen molar-refractivity contribution in [1.29, 1.82) is 0 Å². The lowest BCUT2D eigenvalue weighted by atomic mass is 9.99. The number of imidazole rings is 1. The van der Waals surface area contributed by atoms with Crippen molar-refractivity contribution in [3.8, 4) is 51.7 Å². The van der Waals surface area contributed by atoms with E-state index in [9.17, 15) is 0 Å². The van der Waals surface area contributed by atoms with E-state index in [1.165, 1.54) is 5.56 Å². The van der Waals surface area contributed by atoms with E-state index in [1.54, 1.807) is 0 Å². The highest BCUT2D eigenvalue weighted by Crippen LogP contribution is 2.42. The molecule has 436 valence electrons. The molecule has 0 fully saturated rings. The largest absolute Gasteiger partial charge is 0.494 e. The van der Waals surface area contributed by atoms with Gasteiger partial charge in [-0.15, -0.1) is 0 Å². The maximum atomic E-state index is 7.17. The second kappa shape index (κ2) is 25.4. The lowest BCUT2D eigenvalue weighted by Crippen LogP contribution is -2.36. The summed E-state index contributed by atoms with van der Waals surface area (Å²) in [5, 5.41) is 0. The van der Waals surface area contributed by atoms with Crippen LogP contribution in [0.25, 0.3) is 0 Å². The number of carbonyl (C=O) groups excluding carboxylic acids is 1. The minimum Gasteiger partial charge on any atom is -0.494 e. The number of hydrogen-bond donors (Lipinski definition) is 0. The molecule has 1 aromatic heterocycles. The third kappa shape index (κ3) is 13.1. The number of aryl methyl sites for hydroxylation is 7. The van der Waals surface area contributed by atoms with Gasteiger partial charge in [-0.2, -0.15) is 0 Å². The lowest BCUT2D eigenvalue weighted by Gasteiger charge is -2.28. The summed E-state index contributed by atoms with van der Waals surface area (Å²) in [7, 11) is 4.20. The number of hydrogen-bond acceptors (Lipinski definition) is 10. The molecule has 1 aliphatic carbocycles. The molecule has 3 aliphatic rings. The standard InChI is InChI=1S/C70H86N6O7/c1-18-55-28-44(5)68(81-62-32-47(8)66(48(9)33-62)80-61-30-45(6)65(78-20-3)46(7)31-61)56(36-55)40-75-26-27-76(54(75)15)43-59-39-64(83-69-50(11)29-60(77-19-2)37-58(69)42-74-25-23-72(17)53(74)14)35-51(12)70(59)82-63-34-49(10)67(79-21-4)57(38-63)41-73-24-22-71(16)52(73)13/h22-39,52-53H,8,18-21,40-43H2,1-7,9-17H3/q+2. The Morgan fingerprint density at radius 3 is 1.55 bits per heavy atom. The van der Waals surface area contributed by atoms with Crippen LogP contribution < -0.4 is 33.0 Å². The Balaban J connectivity index is 1.06. The van der Waals surface area contributed by atoms with Crippen LogP contribution in [0, 0.1) is 48.5 Å². The highest BCUT2D eigenvalue weighted by molar-refractivity contribution is 6.11. The fraction of sp³-hybridized carbons (Fsp3) is 0.371. The minimum atomic E-state index is 0.188. The maximum absolute atomic E-state index is 7.17. The van der Waals surface area contributed by atoms with E-state index in [4.69, 9.17) is 32.8 Å². The molecule has 0 amide bonds. The number of nitrogens with zero attached hydrogens (tertiary/aromatic N) is 6. The average Bonchev–Trinajstić information content (AvgIpc) is 4.18. The van der Waals surface area contributed by atoms with Gasteiger partial charge in [-0.3, -0.25) is 0 Å². The minimum absolute atomic E-state index is 0.188. The Labute approximate surface area is 493 Å². The normalized spacial score (nSPS) is 16.3. The molecule has 5 aromatic carbocycles. The van der Waals surface area contributed by atoms with Gasteiger partial charge in [0.15, 0.2) is 0 Å². The summed E-state index contributed by atoms with van der Waals surface area (Å²) in [6.45, 7) is 37.9. The van der Waals surface area contributed by atoms with Crippen LogP contribution in [0.5, 0.6) is 51.7 Å². The van der Waals surface area contributed by atoms with E-state index in [0.29, 0.717) is 57.5 Å². The van der Waals surface area contributed by atoms with Gasteiger partial charge in [0.1, 0.15) is 77.2 Å². The molecular weight excluding hydrogens is 1040 g/mol. The molecule has 0 N–H and O–H groups in total. The fourth-order valence-electron chi connectivity index (χ4n) is 11.4. The van der Waals surface area contributed by atoms with Gasteiger partial charge in [-0.1, -0.05) is 19.6 Å². The second-order valence-corrected chi connectivity index (χ2v) is 22.4. The van der Waals surface area contributed by atoms with Crippen molar-refractivity contribution in [2.75, 3.05) is 33.9 Å². The van der Waals surface area contributed by atoms with Gasteiger partial charge in [-0.25, -0.2) is 13.6 Å². The van der Waals surface area contributed by atoms with Crippen LogP contribution in [-0.4, -0.2) is 76.2 Å². The molecule has 0 saturated heterocycles. The molecule has 0 bridgehead atoms. The number of allylic oxidation sites excluding steroid dienone is 4. The van der Waals surface area contributed by atoms with Crippen molar-refractivity contribution in [1.82, 2.24) is 24.2 Å². The molecule has 6 aromatic rings. The maximum Gasteiger partial charge on any atom is 0.363 e. The zero-order valence-corrected chi connectivity index (χ0v) is 52.0. The molecule has 3 heterocycles. The SMILES string of the molecule is C=C1C=C(Oc2c(C)cc(CC)cc2C[n+]2ccn(Cc3cc(Oc4c(C)cc(OCC)cc4CN4C=CN(C)C4C)cc(C)c3Oc3cc(C)c(OCC)c(CN4C=CN(C)C4C)c3)c2C)C=C(C)C1=[O+]c1cc(C)c(OCC)c(C)c1. The van der Waals surface area contributed by atoms with E-state index in [1.807, 2.05) is 65.8 Å². The number of ether oxygens (including phenoxy) is 6. The quantitative estimate of drug-likeness (QED) is 0.0372. The molecule has 0 saturated carbocycles. The summed E-state index contributed by atoms with van der Waals surface area (Å²) in [6, 6.07) is 21.2. The fourth-order valence-corrected chi connectivity index (χ4v) is 11.4. The van der Waals surface area contributed by atoms with Crippen molar-refractivity contribution in [3.63, 3.8) is 0 Å². The predicted octanol–water partition coefficient (Wildman–Crippen LogP) is 14.8. The van der Waals surface area contributed by atoms with Crippen LogP contribution in [-0.2, 0) is 37.0 Å². The number of rotatable bonds is 22. The third-order valence-corrected chi connectivity index (χ3v) is 16.1. The Morgan fingerprint density at radius 2 is 1.01 bits per heavy atom. The molecule has 13 nitrogen and oxygen atoms in total. The highest BCUT2D eigenvalue weighted by Gasteiger charge is 2.29. The van der Waals surface area contributed by atoms with Gasteiger partial charge >= 0.3 is 11.5 Å². The van der Waals surface area contributed by atoms with E-state index in [2.05, 4.69) is 191 Å². The smallest absolute Gasteiger partial charge is 0.363 e. The summed E-state index contributed by atoms with van der Waals surface area (Å²) in [4.78, 5) is 9.05. The Bertz CT molecular complexity index is 3560. The summed E-state index contributed by atoms with van der Waals surface area (Å²) in [5.41, 5.74) is 13.1. The summed E-state index contributed by atoms with van der Waals surface area (Å²) >= 11 is 0. The molecule has 83 heavy (non-hydrogen) atoms. The van der Waals surface area contributed by atoms with Crippen molar-refractivity contribution >= 4 is 5.78 Å². The first-order valence-electron chi connectivity index (χ1n) is 29.3.